The molecule has 0 saturated carbocycles. The van der Waals surface area contributed by atoms with Crippen LogP contribution in [0.25, 0.3) is 0 Å². The molecule has 0 aliphatic carbocycles. The number of rotatable bonds is 73. The number of allylic oxidation sites excluding steroid dienone is 14. The summed E-state index contributed by atoms with van der Waals surface area (Å²) in [6, 6.07) is 0. The van der Waals surface area contributed by atoms with E-state index in [1.165, 1.54) is 77.0 Å². The zero-order valence-corrected chi connectivity index (χ0v) is 63.7. The molecule has 19 heteroatoms. The van der Waals surface area contributed by atoms with Gasteiger partial charge in [0.1, 0.15) is 19.3 Å². The Morgan fingerprint density at radius 3 is 0.867 bits per heavy atom. The van der Waals surface area contributed by atoms with Crippen molar-refractivity contribution in [2.24, 2.45) is 0 Å². The van der Waals surface area contributed by atoms with Crippen molar-refractivity contribution in [3.8, 4) is 0 Å². The van der Waals surface area contributed by atoms with E-state index >= 15 is 0 Å². The molecule has 0 bridgehead atoms. The van der Waals surface area contributed by atoms with Crippen molar-refractivity contribution in [3.63, 3.8) is 0 Å². The van der Waals surface area contributed by atoms with Gasteiger partial charge in [-0.1, -0.05) is 260 Å². The minimum Gasteiger partial charge on any atom is -0.462 e. The molecule has 3 N–H and O–H groups in total. The fourth-order valence-corrected chi connectivity index (χ4v) is 12.0. The Hall–Kier alpha value is -3.76. The predicted molar refractivity (Wildman–Crippen MR) is 399 cm³/mol. The van der Waals surface area contributed by atoms with Crippen LogP contribution in [0.5, 0.6) is 0 Å². The number of hydrogen-bond donors (Lipinski definition) is 3. The number of aliphatic hydroxyl groups is 1. The minimum absolute atomic E-state index is 0.0752. The molecule has 98 heavy (non-hydrogen) atoms. The quantitative estimate of drug-likeness (QED) is 0.0169. The second-order valence-corrected chi connectivity index (χ2v) is 28.8. The molecule has 5 atom stereocenters. The molecular formula is C79H140O17P2. The zero-order valence-electron chi connectivity index (χ0n) is 62.0. The van der Waals surface area contributed by atoms with Crippen molar-refractivity contribution >= 4 is 39.5 Å². The van der Waals surface area contributed by atoms with E-state index in [0.29, 0.717) is 25.7 Å². The summed E-state index contributed by atoms with van der Waals surface area (Å²) in [5.41, 5.74) is 0. The lowest BCUT2D eigenvalue weighted by Crippen LogP contribution is -2.30. The SMILES string of the molecule is CC/C=C\C/C=C\C/C=C\CCCCCCCC(=O)OCC(COP(=O)(O)OCC(O)COP(=O)(O)OCC(COC(=O)CCCCCCC/C=C\CCCCCCCC)OC(=O)CCCCCCC/C=C\CCCCCCCC)OC(=O)CCCCCCC/C=C\C/C=C\CCC. The Morgan fingerprint density at radius 2 is 0.551 bits per heavy atom. The van der Waals surface area contributed by atoms with E-state index < -0.39 is 97.5 Å². The molecule has 0 aromatic carbocycles. The number of phosphoric acid groups is 2. The lowest BCUT2D eigenvalue weighted by Gasteiger charge is -2.21. The van der Waals surface area contributed by atoms with E-state index in [4.69, 9.17) is 37.0 Å². The smallest absolute Gasteiger partial charge is 0.462 e. The lowest BCUT2D eigenvalue weighted by atomic mass is 10.1. The molecule has 0 rings (SSSR count). The van der Waals surface area contributed by atoms with E-state index in [9.17, 15) is 43.2 Å². The maximum absolute atomic E-state index is 13.1. The monoisotopic (exact) mass is 1420 g/mol. The van der Waals surface area contributed by atoms with Gasteiger partial charge in [-0.25, -0.2) is 9.13 Å². The summed E-state index contributed by atoms with van der Waals surface area (Å²) < 4.78 is 68.5. The predicted octanol–water partition coefficient (Wildman–Crippen LogP) is 22.2. The van der Waals surface area contributed by atoms with Crippen molar-refractivity contribution in [1.82, 2.24) is 0 Å². The second kappa shape index (κ2) is 71.6. The van der Waals surface area contributed by atoms with E-state index in [1.54, 1.807) is 0 Å². The number of unbranched alkanes of at least 4 members (excludes halogenated alkanes) is 33. The summed E-state index contributed by atoms with van der Waals surface area (Å²) in [7, 11) is -9.95. The molecule has 568 valence electrons. The molecule has 0 heterocycles. The summed E-state index contributed by atoms with van der Waals surface area (Å²) in [6.45, 7) is 4.67. The third kappa shape index (κ3) is 70.7. The summed E-state index contributed by atoms with van der Waals surface area (Å²) in [6.07, 6.45) is 72.8. The van der Waals surface area contributed by atoms with Crippen LogP contribution in [-0.4, -0.2) is 96.7 Å². The maximum Gasteiger partial charge on any atom is 0.472 e. The molecule has 0 aromatic heterocycles. The third-order valence-corrected chi connectivity index (χ3v) is 18.2. The first kappa shape index (κ1) is 94.2. The van der Waals surface area contributed by atoms with Gasteiger partial charge in [-0.15, -0.1) is 0 Å². The van der Waals surface area contributed by atoms with Crippen LogP contribution >= 0.6 is 15.6 Å². The molecule has 0 aliphatic heterocycles. The molecule has 0 aliphatic rings. The van der Waals surface area contributed by atoms with Gasteiger partial charge in [0.2, 0.25) is 0 Å². The average molecular weight is 1420 g/mol. The Kier molecular flexibility index (Phi) is 68.9. The molecule has 17 nitrogen and oxygen atoms in total. The van der Waals surface area contributed by atoms with Gasteiger partial charge in [-0.3, -0.25) is 37.3 Å². The molecule has 0 radical (unpaired) electrons. The first-order valence-electron chi connectivity index (χ1n) is 38.8. The normalized spacial score (nSPS) is 14.4. The van der Waals surface area contributed by atoms with Crippen LogP contribution in [0.2, 0.25) is 0 Å². The van der Waals surface area contributed by atoms with E-state index in [1.807, 2.05) is 0 Å². The molecule has 5 unspecified atom stereocenters. The molecular weight excluding hydrogens is 1280 g/mol. The number of esters is 4. The number of aliphatic hydroxyl groups excluding tert-OH is 1. The summed E-state index contributed by atoms with van der Waals surface area (Å²) in [5.74, 6) is -2.21. The van der Waals surface area contributed by atoms with Gasteiger partial charge in [-0.2, -0.15) is 0 Å². The Bertz CT molecular complexity index is 2190. The summed E-state index contributed by atoms with van der Waals surface area (Å²) >= 11 is 0. The summed E-state index contributed by atoms with van der Waals surface area (Å²) in [4.78, 5) is 72.9. The van der Waals surface area contributed by atoms with Crippen LogP contribution < -0.4 is 0 Å². The molecule has 0 saturated heterocycles. The van der Waals surface area contributed by atoms with Crippen molar-refractivity contribution in [3.05, 3.63) is 85.1 Å². The second-order valence-electron chi connectivity index (χ2n) is 25.9. The molecule has 0 spiro atoms. The average Bonchev–Trinajstić information content (AvgIpc) is 0.959. The number of phosphoric ester groups is 2. The highest BCUT2D eigenvalue weighted by Gasteiger charge is 2.30. The van der Waals surface area contributed by atoms with Crippen molar-refractivity contribution in [1.29, 1.82) is 0 Å². The number of hydrogen-bond acceptors (Lipinski definition) is 15. The van der Waals surface area contributed by atoms with Crippen LogP contribution in [0.1, 0.15) is 336 Å². The largest absolute Gasteiger partial charge is 0.472 e. The number of ether oxygens (including phenoxy) is 4. The van der Waals surface area contributed by atoms with Crippen molar-refractivity contribution < 1.29 is 80.2 Å². The van der Waals surface area contributed by atoms with Gasteiger partial charge >= 0.3 is 39.5 Å². The topological polar surface area (TPSA) is 237 Å². The van der Waals surface area contributed by atoms with Crippen molar-refractivity contribution in [2.45, 2.75) is 354 Å². The zero-order chi connectivity index (χ0) is 71.8. The fraction of sp³-hybridized carbons (Fsp3) is 0.772. The van der Waals surface area contributed by atoms with Gasteiger partial charge in [0.25, 0.3) is 0 Å². The molecule has 0 aromatic rings. The maximum atomic E-state index is 13.1. The van der Waals surface area contributed by atoms with E-state index in [2.05, 4.69) is 113 Å². The highest BCUT2D eigenvalue weighted by atomic mass is 31.2. The van der Waals surface area contributed by atoms with Crippen LogP contribution in [-0.2, 0) is 65.4 Å². The highest BCUT2D eigenvalue weighted by Crippen LogP contribution is 2.45. The number of carbonyl (C=O) groups is 4. The van der Waals surface area contributed by atoms with Gasteiger partial charge in [0.05, 0.1) is 26.4 Å². The minimum atomic E-state index is -4.98. The Morgan fingerprint density at radius 1 is 0.296 bits per heavy atom. The van der Waals surface area contributed by atoms with Crippen molar-refractivity contribution in [2.75, 3.05) is 39.6 Å². The third-order valence-electron chi connectivity index (χ3n) is 16.3. The van der Waals surface area contributed by atoms with Crippen LogP contribution in [0.4, 0.5) is 0 Å². The fourth-order valence-electron chi connectivity index (χ4n) is 10.4. The van der Waals surface area contributed by atoms with Gasteiger partial charge in [-0.05, 0) is 135 Å². The van der Waals surface area contributed by atoms with Crippen LogP contribution in [0.15, 0.2) is 85.1 Å². The lowest BCUT2D eigenvalue weighted by molar-refractivity contribution is -0.161. The number of carbonyl (C=O) groups excluding carboxylic acids is 4. The molecule has 0 amide bonds. The first-order valence-corrected chi connectivity index (χ1v) is 41.8. The van der Waals surface area contributed by atoms with E-state index in [0.717, 1.165) is 180 Å². The Labute approximate surface area is 595 Å². The highest BCUT2D eigenvalue weighted by molar-refractivity contribution is 7.47. The van der Waals surface area contributed by atoms with Crippen LogP contribution in [0.3, 0.4) is 0 Å². The first-order chi connectivity index (χ1) is 47.7. The summed E-state index contributed by atoms with van der Waals surface area (Å²) in [5, 5.41) is 10.6. The molecule has 0 fully saturated rings. The van der Waals surface area contributed by atoms with Gasteiger partial charge < -0.3 is 33.8 Å². The van der Waals surface area contributed by atoms with Gasteiger partial charge in [0.15, 0.2) is 12.2 Å². The van der Waals surface area contributed by atoms with Gasteiger partial charge in [0, 0.05) is 25.7 Å². The Balaban J connectivity index is 5.36. The van der Waals surface area contributed by atoms with E-state index in [-0.39, 0.29) is 25.7 Å². The standard InChI is InChI=1S/C79H140O17P2/c1-5-9-13-17-21-25-29-33-36-40-43-47-51-55-59-63-76(81)89-69-74(95-78(83)65-61-57-53-49-45-39-32-28-24-20-16-12-8-4)71-93-97(85,86)91-67-73(80)68-92-98(87,88)94-72-75(96-79(84)66-62-58-54-50-46-42-38-35-31-27-23-19-15-11-7-3)70-90-77(82)64-60-56-52-48-44-41-37-34-30-26-22-18-14-10-6-2/h9,13,16,20-21,25,28,32-38,73-75,80H,5-8,10-12,14-15,17-19,22-24,26-27,29-31,39-72H2,1-4H3,(H,85,86)(H,87,88)/b13-9-,20-16-,25-21-,32-28-,36-33-,37-34-,38-35-. The van der Waals surface area contributed by atoms with Crippen LogP contribution in [0, 0.1) is 0 Å².